The molecule has 106 valence electrons. The quantitative estimate of drug-likeness (QED) is 0.752. The summed E-state index contributed by atoms with van der Waals surface area (Å²) in [5.74, 6) is 1.79. The van der Waals surface area contributed by atoms with Crippen molar-refractivity contribution in [2.45, 2.75) is 85.7 Å². The zero-order valence-corrected chi connectivity index (χ0v) is 13.3. The Morgan fingerprint density at radius 2 is 1.78 bits per heavy atom. The molecular formula is C17H33N. The highest BCUT2D eigenvalue weighted by molar-refractivity contribution is 5.12. The molecule has 1 nitrogen and oxygen atoms in total. The fourth-order valence-electron chi connectivity index (χ4n) is 5.11. The highest BCUT2D eigenvalue weighted by Gasteiger charge is 2.59. The van der Waals surface area contributed by atoms with Crippen LogP contribution in [0, 0.1) is 22.7 Å². The van der Waals surface area contributed by atoms with E-state index in [4.69, 9.17) is 0 Å². The number of hydrogen-bond donors (Lipinski definition) is 1. The zero-order valence-electron chi connectivity index (χ0n) is 13.3. The zero-order chi connectivity index (χ0) is 13.6. The lowest BCUT2D eigenvalue weighted by Gasteiger charge is -2.45. The maximum absolute atomic E-state index is 4.04. The van der Waals surface area contributed by atoms with Gasteiger partial charge in [0, 0.05) is 12.1 Å². The van der Waals surface area contributed by atoms with Gasteiger partial charge >= 0.3 is 0 Å². The summed E-state index contributed by atoms with van der Waals surface area (Å²) in [5.41, 5.74) is 1.06. The summed E-state index contributed by atoms with van der Waals surface area (Å²) < 4.78 is 0. The predicted molar refractivity (Wildman–Crippen MR) is 79.7 cm³/mol. The first kappa shape index (κ1) is 14.4. The van der Waals surface area contributed by atoms with Crippen molar-refractivity contribution in [3.63, 3.8) is 0 Å². The maximum atomic E-state index is 4.04. The molecule has 2 aliphatic carbocycles. The Labute approximate surface area is 114 Å². The van der Waals surface area contributed by atoms with Crippen molar-refractivity contribution < 1.29 is 0 Å². The third kappa shape index (κ3) is 2.13. The monoisotopic (exact) mass is 251 g/mol. The van der Waals surface area contributed by atoms with Crippen LogP contribution in [0.15, 0.2) is 0 Å². The Kier molecular flexibility index (Phi) is 3.84. The summed E-state index contributed by atoms with van der Waals surface area (Å²) in [6.45, 7) is 14.6. The van der Waals surface area contributed by atoms with E-state index in [-0.39, 0.29) is 0 Å². The third-order valence-electron chi connectivity index (χ3n) is 6.46. The van der Waals surface area contributed by atoms with E-state index in [9.17, 15) is 0 Å². The second-order valence-electron chi connectivity index (χ2n) is 7.88. The predicted octanol–water partition coefficient (Wildman–Crippen LogP) is 4.62. The van der Waals surface area contributed by atoms with E-state index >= 15 is 0 Å². The molecule has 0 aliphatic heterocycles. The smallest absolute Gasteiger partial charge is 0.0177 e. The lowest BCUT2D eigenvalue weighted by molar-refractivity contribution is 0.0909. The lowest BCUT2D eigenvalue weighted by atomic mass is 9.68. The van der Waals surface area contributed by atoms with Crippen molar-refractivity contribution in [2.24, 2.45) is 22.7 Å². The summed E-state index contributed by atoms with van der Waals surface area (Å²) in [7, 11) is 0. The first-order valence-electron chi connectivity index (χ1n) is 8.11. The van der Waals surface area contributed by atoms with Crippen molar-refractivity contribution >= 4 is 0 Å². The van der Waals surface area contributed by atoms with Crippen LogP contribution in [0.5, 0.6) is 0 Å². The largest absolute Gasteiger partial charge is 0.310 e. The Morgan fingerprint density at radius 3 is 2.22 bits per heavy atom. The molecule has 4 atom stereocenters. The van der Waals surface area contributed by atoms with Gasteiger partial charge in [0.25, 0.3) is 0 Å². The molecular weight excluding hydrogens is 218 g/mol. The van der Waals surface area contributed by atoms with Crippen molar-refractivity contribution in [1.29, 1.82) is 0 Å². The van der Waals surface area contributed by atoms with Crippen LogP contribution in [0.1, 0.15) is 73.6 Å². The fraction of sp³-hybridized carbons (Fsp3) is 1.00. The first-order chi connectivity index (χ1) is 8.35. The van der Waals surface area contributed by atoms with Gasteiger partial charge in [0.1, 0.15) is 0 Å². The Bertz CT molecular complexity index is 287. The molecule has 2 aliphatic rings. The average Bonchev–Trinajstić information content (AvgIpc) is 2.77. The minimum Gasteiger partial charge on any atom is -0.310 e. The lowest BCUT2D eigenvalue weighted by Crippen LogP contribution is -2.54. The van der Waals surface area contributed by atoms with Gasteiger partial charge in [0.2, 0.25) is 0 Å². The van der Waals surface area contributed by atoms with Crippen molar-refractivity contribution in [1.82, 2.24) is 5.32 Å². The molecule has 0 amide bonds. The summed E-state index contributed by atoms with van der Waals surface area (Å²) in [4.78, 5) is 0. The van der Waals surface area contributed by atoms with Crippen molar-refractivity contribution in [3.05, 3.63) is 0 Å². The molecule has 2 saturated carbocycles. The topological polar surface area (TPSA) is 12.0 Å². The molecule has 0 aromatic rings. The van der Waals surface area contributed by atoms with Crippen LogP contribution in [0.25, 0.3) is 0 Å². The number of nitrogens with one attached hydrogen (secondary N) is 1. The van der Waals surface area contributed by atoms with Crippen LogP contribution in [0.2, 0.25) is 0 Å². The van der Waals surface area contributed by atoms with Crippen molar-refractivity contribution in [2.75, 3.05) is 0 Å². The molecule has 0 aromatic heterocycles. The summed E-state index contributed by atoms with van der Waals surface area (Å²) >= 11 is 0. The molecule has 0 heterocycles. The van der Waals surface area contributed by atoms with Gasteiger partial charge in [-0.15, -0.1) is 0 Å². The number of rotatable bonds is 5. The Morgan fingerprint density at radius 1 is 1.17 bits per heavy atom. The highest BCUT2D eigenvalue weighted by Crippen LogP contribution is 2.62. The molecule has 0 aromatic carbocycles. The van der Waals surface area contributed by atoms with Gasteiger partial charge in [-0.1, -0.05) is 47.5 Å². The fourth-order valence-corrected chi connectivity index (χ4v) is 5.11. The molecule has 0 saturated heterocycles. The minimum atomic E-state index is 0.493. The first-order valence-corrected chi connectivity index (χ1v) is 8.11. The van der Waals surface area contributed by atoms with Crippen LogP contribution in [0.3, 0.4) is 0 Å². The van der Waals surface area contributed by atoms with Gasteiger partial charge < -0.3 is 5.32 Å². The van der Waals surface area contributed by atoms with Gasteiger partial charge in [0.05, 0.1) is 0 Å². The SMILES string of the molecule is CCC(CC)C(C)NC1C(C)(C)[C@H]2CC[C@]1(C)C2. The van der Waals surface area contributed by atoms with Crippen LogP contribution < -0.4 is 5.32 Å². The van der Waals surface area contributed by atoms with Gasteiger partial charge in [-0.25, -0.2) is 0 Å². The van der Waals surface area contributed by atoms with Crippen LogP contribution >= 0.6 is 0 Å². The van der Waals surface area contributed by atoms with Gasteiger partial charge in [0.15, 0.2) is 0 Å². The molecule has 0 radical (unpaired) electrons. The summed E-state index contributed by atoms with van der Waals surface area (Å²) in [6.07, 6.45) is 6.96. The third-order valence-corrected chi connectivity index (χ3v) is 6.46. The number of fused-ring (bicyclic) bond motifs is 2. The molecule has 0 spiro atoms. The molecule has 2 fully saturated rings. The van der Waals surface area contributed by atoms with Gasteiger partial charge in [-0.2, -0.15) is 0 Å². The summed E-state index contributed by atoms with van der Waals surface area (Å²) in [5, 5.41) is 4.04. The Hall–Kier alpha value is -0.0400. The molecule has 2 rings (SSSR count). The average molecular weight is 251 g/mol. The second-order valence-corrected chi connectivity index (χ2v) is 7.88. The van der Waals surface area contributed by atoms with E-state index in [1.54, 1.807) is 0 Å². The summed E-state index contributed by atoms with van der Waals surface area (Å²) in [6, 6.07) is 1.39. The molecule has 1 heteroatoms. The highest BCUT2D eigenvalue weighted by atomic mass is 15.0. The van der Waals surface area contributed by atoms with Crippen LogP contribution in [-0.4, -0.2) is 12.1 Å². The molecule has 2 bridgehead atoms. The normalized spacial score (nSPS) is 39.5. The van der Waals surface area contributed by atoms with Gasteiger partial charge in [-0.3, -0.25) is 0 Å². The molecule has 2 unspecified atom stereocenters. The minimum absolute atomic E-state index is 0.493. The van der Waals surface area contributed by atoms with Gasteiger partial charge in [-0.05, 0) is 48.9 Å². The van der Waals surface area contributed by atoms with Crippen LogP contribution in [0.4, 0.5) is 0 Å². The standard InChI is InChI=1S/C17H33N/c1-7-13(8-2)12(3)18-15-16(4,5)14-9-10-17(15,6)11-14/h12-15,18H,7-11H2,1-6H3/t12?,14-,15?,17+/m0/s1. The van der Waals surface area contributed by atoms with E-state index in [0.717, 1.165) is 17.9 Å². The van der Waals surface area contributed by atoms with E-state index in [1.165, 1.54) is 32.1 Å². The maximum Gasteiger partial charge on any atom is 0.0177 e. The second kappa shape index (κ2) is 4.81. The van der Waals surface area contributed by atoms with E-state index in [2.05, 4.69) is 46.9 Å². The van der Waals surface area contributed by atoms with Crippen molar-refractivity contribution in [3.8, 4) is 0 Å². The Balaban J connectivity index is 2.09. The number of hydrogen-bond acceptors (Lipinski definition) is 1. The van der Waals surface area contributed by atoms with E-state index in [1.807, 2.05) is 0 Å². The van der Waals surface area contributed by atoms with E-state index < -0.39 is 0 Å². The van der Waals surface area contributed by atoms with Crippen LogP contribution in [-0.2, 0) is 0 Å². The van der Waals surface area contributed by atoms with E-state index in [0.29, 0.717) is 16.9 Å². The molecule has 18 heavy (non-hydrogen) atoms. The molecule has 1 N–H and O–H groups in total.